The molecule has 166 valence electrons. The van der Waals surface area contributed by atoms with E-state index in [0.717, 1.165) is 85.7 Å². The highest BCUT2D eigenvalue weighted by Crippen LogP contribution is 2.30. The smallest absolute Gasteiger partial charge is 0.119 e. The van der Waals surface area contributed by atoms with Crippen molar-refractivity contribution in [3.8, 4) is 5.75 Å². The predicted molar refractivity (Wildman–Crippen MR) is 129 cm³/mol. The van der Waals surface area contributed by atoms with E-state index in [1.165, 1.54) is 0 Å². The number of anilines is 1. The summed E-state index contributed by atoms with van der Waals surface area (Å²) in [7, 11) is 5.91. The lowest BCUT2D eigenvalue weighted by Crippen LogP contribution is -2.48. The van der Waals surface area contributed by atoms with E-state index in [4.69, 9.17) is 14.7 Å². The molecule has 2 aliphatic rings. The predicted octanol–water partition coefficient (Wildman–Crippen LogP) is 2.70. The molecule has 1 aromatic heterocycles. The van der Waals surface area contributed by atoms with Crippen LogP contribution in [0.15, 0.2) is 35.3 Å². The maximum Gasteiger partial charge on any atom is 0.119 e. The van der Waals surface area contributed by atoms with Crippen molar-refractivity contribution in [2.45, 2.75) is 19.0 Å². The van der Waals surface area contributed by atoms with Gasteiger partial charge in [0.15, 0.2) is 0 Å². The van der Waals surface area contributed by atoms with E-state index in [1.54, 1.807) is 7.11 Å². The summed E-state index contributed by atoms with van der Waals surface area (Å²) in [5.41, 5.74) is 4.12. The lowest BCUT2D eigenvalue weighted by molar-refractivity contribution is 0.179. The molecule has 0 spiro atoms. The van der Waals surface area contributed by atoms with Crippen molar-refractivity contribution in [1.82, 2.24) is 20.1 Å². The average Bonchev–Trinajstić information content (AvgIpc) is 2.82. The van der Waals surface area contributed by atoms with Gasteiger partial charge in [-0.2, -0.15) is 0 Å². The topological polar surface area (TPSA) is 65.0 Å². The Morgan fingerprint density at radius 3 is 2.77 bits per heavy atom. The van der Waals surface area contributed by atoms with Gasteiger partial charge in [0.1, 0.15) is 11.9 Å². The summed E-state index contributed by atoms with van der Waals surface area (Å²) in [5.74, 6) is 0.843. The molecular weight excluding hydrogens is 388 g/mol. The molecule has 0 amide bonds. The second-order valence-electron chi connectivity index (χ2n) is 8.46. The fourth-order valence-corrected chi connectivity index (χ4v) is 4.15. The third-order valence-corrected chi connectivity index (χ3v) is 5.92. The summed E-state index contributed by atoms with van der Waals surface area (Å²) < 4.78 is 5.45. The van der Waals surface area contributed by atoms with Gasteiger partial charge in [-0.25, -0.2) is 4.98 Å². The molecule has 0 radical (unpaired) electrons. The monoisotopic (exact) mass is 422 g/mol. The van der Waals surface area contributed by atoms with Crippen molar-refractivity contribution in [3.05, 3.63) is 36.0 Å². The Morgan fingerprint density at radius 2 is 2.06 bits per heavy atom. The van der Waals surface area contributed by atoms with Gasteiger partial charge >= 0.3 is 0 Å². The minimum atomic E-state index is 0.249. The Morgan fingerprint density at radius 1 is 1.23 bits per heavy atom. The molecule has 7 heteroatoms. The van der Waals surface area contributed by atoms with Gasteiger partial charge in [-0.15, -0.1) is 0 Å². The number of aliphatic imine (C=N–C) groups is 1. The van der Waals surface area contributed by atoms with E-state index in [1.807, 2.05) is 18.3 Å². The van der Waals surface area contributed by atoms with Crippen LogP contribution < -0.4 is 15.4 Å². The van der Waals surface area contributed by atoms with Gasteiger partial charge in [0, 0.05) is 62.0 Å². The van der Waals surface area contributed by atoms with Crippen LogP contribution in [0, 0.1) is 0 Å². The van der Waals surface area contributed by atoms with Crippen molar-refractivity contribution >= 4 is 28.4 Å². The van der Waals surface area contributed by atoms with E-state index >= 15 is 0 Å². The number of allylic oxidation sites excluding steroid dienone is 1. The number of piperazine rings is 1. The first-order chi connectivity index (χ1) is 15.1. The number of rotatable bonds is 8. The average molecular weight is 423 g/mol. The lowest BCUT2D eigenvalue weighted by Gasteiger charge is -2.33. The molecule has 0 saturated carbocycles. The highest BCUT2D eigenvalue weighted by molar-refractivity contribution is 6.11. The summed E-state index contributed by atoms with van der Waals surface area (Å²) in [6, 6.07) is 8.22. The molecule has 0 bridgehead atoms. The highest BCUT2D eigenvalue weighted by atomic mass is 16.5. The van der Waals surface area contributed by atoms with Crippen LogP contribution in [0.3, 0.4) is 0 Å². The third-order valence-electron chi connectivity index (χ3n) is 5.92. The number of ether oxygens (including phenoxy) is 1. The standard InChI is InChI=1S/C24H34N6O/c1-29(2)12-4-9-26-23-16-22(28-21-7-6-19(31-3)15-20(21)23)18-5-8-24(27-17-18)30-13-10-25-11-14-30/h5-7,15-17,24-25H,4,8-14H2,1-3H3,(H,26,28). The quantitative estimate of drug-likeness (QED) is 0.638. The molecule has 31 heavy (non-hydrogen) atoms. The minimum Gasteiger partial charge on any atom is -0.497 e. The van der Waals surface area contributed by atoms with Crippen molar-refractivity contribution < 1.29 is 4.74 Å². The first-order valence-corrected chi connectivity index (χ1v) is 11.2. The molecule has 1 atom stereocenters. The number of pyridine rings is 1. The zero-order valence-corrected chi connectivity index (χ0v) is 18.9. The summed E-state index contributed by atoms with van der Waals surface area (Å²) in [5, 5.41) is 8.12. The molecule has 7 nitrogen and oxygen atoms in total. The molecule has 2 aliphatic heterocycles. The first-order valence-electron chi connectivity index (χ1n) is 11.2. The van der Waals surface area contributed by atoms with Crippen LogP contribution in [0.1, 0.15) is 18.5 Å². The summed E-state index contributed by atoms with van der Waals surface area (Å²) in [4.78, 5) is 14.5. The van der Waals surface area contributed by atoms with Gasteiger partial charge in [-0.1, -0.05) is 6.08 Å². The number of dihydropyridines is 1. The number of hydrogen-bond donors (Lipinski definition) is 2. The molecule has 4 rings (SSSR count). The second-order valence-corrected chi connectivity index (χ2v) is 8.46. The van der Waals surface area contributed by atoms with E-state index in [2.05, 4.69) is 52.7 Å². The van der Waals surface area contributed by atoms with Crippen molar-refractivity contribution in [3.63, 3.8) is 0 Å². The Hall–Kier alpha value is -2.48. The number of fused-ring (bicyclic) bond motifs is 1. The normalized spacial score (nSPS) is 19.6. The van der Waals surface area contributed by atoms with Gasteiger partial charge in [0.2, 0.25) is 0 Å². The van der Waals surface area contributed by atoms with Gasteiger partial charge in [0.25, 0.3) is 0 Å². The molecule has 0 aliphatic carbocycles. The Bertz CT molecular complexity index is 948. The minimum absolute atomic E-state index is 0.249. The Balaban J connectivity index is 1.56. The molecule has 1 aromatic carbocycles. The number of aromatic nitrogens is 1. The van der Waals surface area contributed by atoms with Crippen LogP contribution in [-0.2, 0) is 0 Å². The number of hydrogen-bond acceptors (Lipinski definition) is 7. The first kappa shape index (κ1) is 21.7. The van der Waals surface area contributed by atoms with Gasteiger partial charge in [0.05, 0.1) is 18.3 Å². The molecule has 1 fully saturated rings. The third kappa shape index (κ3) is 5.42. The lowest BCUT2D eigenvalue weighted by atomic mass is 10.0. The molecular formula is C24H34N6O. The second kappa shape index (κ2) is 10.2. The van der Waals surface area contributed by atoms with Crippen LogP contribution in [0.4, 0.5) is 5.69 Å². The maximum atomic E-state index is 5.45. The van der Waals surface area contributed by atoms with Crippen LogP contribution in [0.25, 0.3) is 16.5 Å². The number of nitrogens with one attached hydrogen (secondary N) is 2. The van der Waals surface area contributed by atoms with Crippen LogP contribution in [0.2, 0.25) is 0 Å². The molecule has 2 aromatic rings. The van der Waals surface area contributed by atoms with E-state index in [-0.39, 0.29) is 6.17 Å². The Labute approximate surface area is 185 Å². The zero-order valence-electron chi connectivity index (χ0n) is 18.9. The number of methoxy groups -OCH3 is 1. The number of benzene rings is 1. The van der Waals surface area contributed by atoms with Crippen LogP contribution >= 0.6 is 0 Å². The van der Waals surface area contributed by atoms with Crippen molar-refractivity contribution in [2.24, 2.45) is 4.99 Å². The van der Waals surface area contributed by atoms with E-state index in [9.17, 15) is 0 Å². The van der Waals surface area contributed by atoms with Crippen molar-refractivity contribution in [1.29, 1.82) is 0 Å². The molecule has 1 unspecified atom stereocenters. The molecule has 1 saturated heterocycles. The van der Waals surface area contributed by atoms with Crippen LogP contribution in [0.5, 0.6) is 5.75 Å². The largest absolute Gasteiger partial charge is 0.497 e. The number of nitrogens with zero attached hydrogens (tertiary/aromatic N) is 4. The summed E-state index contributed by atoms with van der Waals surface area (Å²) in [6.07, 6.45) is 6.54. The van der Waals surface area contributed by atoms with E-state index < -0.39 is 0 Å². The fraction of sp³-hybridized carbons (Fsp3) is 0.500. The van der Waals surface area contributed by atoms with Gasteiger partial charge < -0.3 is 20.3 Å². The van der Waals surface area contributed by atoms with Crippen LogP contribution in [-0.4, -0.2) is 87.6 Å². The summed E-state index contributed by atoms with van der Waals surface area (Å²) >= 11 is 0. The fourth-order valence-electron chi connectivity index (χ4n) is 4.15. The highest BCUT2D eigenvalue weighted by Gasteiger charge is 2.21. The Kier molecular flexibility index (Phi) is 7.17. The maximum absolute atomic E-state index is 5.45. The van der Waals surface area contributed by atoms with Gasteiger partial charge in [-0.05, 0) is 51.3 Å². The van der Waals surface area contributed by atoms with E-state index in [0.29, 0.717) is 0 Å². The van der Waals surface area contributed by atoms with Crippen molar-refractivity contribution in [2.75, 3.05) is 65.8 Å². The molecule has 2 N–H and O–H groups in total. The van der Waals surface area contributed by atoms with Gasteiger partial charge in [-0.3, -0.25) is 9.89 Å². The summed E-state index contributed by atoms with van der Waals surface area (Å²) in [6.45, 7) is 6.16. The zero-order chi connectivity index (χ0) is 21.6. The molecule has 3 heterocycles. The SMILES string of the molecule is COc1ccc2nc(C3=CCC(N4CCNCC4)N=C3)cc(NCCCN(C)C)c2c1.